The third-order valence-corrected chi connectivity index (χ3v) is 4.17. The molecule has 0 radical (unpaired) electrons. The van der Waals surface area contributed by atoms with Gasteiger partial charge in [-0.2, -0.15) is 5.10 Å². The lowest BCUT2D eigenvalue weighted by Crippen LogP contribution is -2.19. The Balaban J connectivity index is 1.61. The molecule has 0 aliphatic heterocycles. The predicted octanol–water partition coefficient (Wildman–Crippen LogP) is 3.93. The largest absolute Gasteiger partial charge is 0.323 e. The van der Waals surface area contributed by atoms with Crippen LogP contribution in [0.1, 0.15) is 21.7 Å². The third kappa shape index (κ3) is 4.33. The molecule has 0 aliphatic rings. The van der Waals surface area contributed by atoms with Gasteiger partial charge in [-0.3, -0.25) is 9.48 Å². The number of nitrogens with zero attached hydrogens (tertiary/aromatic N) is 2. The number of aryl methyl sites for hydroxylation is 2. The van der Waals surface area contributed by atoms with Crippen LogP contribution in [0, 0.1) is 13.8 Å². The van der Waals surface area contributed by atoms with Crippen LogP contribution in [0.5, 0.6) is 0 Å². The van der Waals surface area contributed by atoms with Crippen LogP contribution in [0.4, 0.5) is 21.9 Å². The lowest BCUT2D eigenvalue weighted by atomic mass is 10.2. The summed E-state index contributed by atoms with van der Waals surface area (Å²) in [5, 5.41) is 12.6. The number of hydrogen-bond acceptors (Lipinski definition) is 3. The number of para-hydroxylation sites is 1. The number of aromatic nitrogens is 2. The van der Waals surface area contributed by atoms with Crippen LogP contribution in [0.15, 0.2) is 54.6 Å². The molecule has 3 amide bonds. The van der Waals surface area contributed by atoms with E-state index in [1.807, 2.05) is 25.1 Å². The highest BCUT2D eigenvalue weighted by atomic mass is 16.2. The molecule has 1 heterocycles. The van der Waals surface area contributed by atoms with E-state index in [0.717, 1.165) is 5.69 Å². The first-order chi connectivity index (χ1) is 12.9. The zero-order chi connectivity index (χ0) is 19.4. The van der Waals surface area contributed by atoms with Crippen molar-refractivity contribution >= 4 is 29.0 Å². The molecule has 0 unspecified atom stereocenters. The lowest BCUT2D eigenvalue weighted by molar-refractivity contribution is 0.102. The minimum Gasteiger partial charge on any atom is -0.322 e. The summed E-state index contributed by atoms with van der Waals surface area (Å²) in [7, 11) is 1.81. The number of carbonyl (C=O) groups is 2. The second-order valence-electron chi connectivity index (χ2n) is 6.15. The number of anilines is 3. The van der Waals surface area contributed by atoms with Crippen LogP contribution < -0.4 is 16.0 Å². The van der Waals surface area contributed by atoms with Crippen molar-refractivity contribution in [3.63, 3.8) is 0 Å². The maximum Gasteiger partial charge on any atom is 0.323 e. The molecule has 0 spiro atoms. The maximum atomic E-state index is 12.5. The molecule has 7 heteroatoms. The summed E-state index contributed by atoms with van der Waals surface area (Å²) in [6, 6.07) is 15.8. The average molecular weight is 363 g/mol. The molecule has 0 fully saturated rings. The van der Waals surface area contributed by atoms with E-state index in [1.54, 1.807) is 55.1 Å². The Morgan fingerprint density at radius 3 is 1.85 bits per heavy atom. The molecule has 27 heavy (non-hydrogen) atoms. The van der Waals surface area contributed by atoms with Gasteiger partial charge in [0.25, 0.3) is 5.91 Å². The maximum absolute atomic E-state index is 12.5. The Kier molecular flexibility index (Phi) is 5.21. The molecule has 1 aromatic heterocycles. The molecule has 138 valence electrons. The van der Waals surface area contributed by atoms with Gasteiger partial charge in [0.05, 0.1) is 11.3 Å². The summed E-state index contributed by atoms with van der Waals surface area (Å²) in [6.45, 7) is 3.66. The first kappa shape index (κ1) is 18.2. The van der Waals surface area contributed by atoms with Crippen molar-refractivity contribution in [1.29, 1.82) is 0 Å². The molecule has 0 saturated carbocycles. The Bertz CT molecular complexity index is 962. The van der Waals surface area contributed by atoms with Crippen LogP contribution in [-0.4, -0.2) is 21.7 Å². The smallest absolute Gasteiger partial charge is 0.322 e. The molecule has 7 nitrogen and oxygen atoms in total. The van der Waals surface area contributed by atoms with E-state index in [1.165, 1.54) is 0 Å². The van der Waals surface area contributed by atoms with Crippen molar-refractivity contribution in [2.24, 2.45) is 7.05 Å². The van der Waals surface area contributed by atoms with Gasteiger partial charge in [0.1, 0.15) is 0 Å². The van der Waals surface area contributed by atoms with Gasteiger partial charge < -0.3 is 16.0 Å². The average Bonchev–Trinajstić information content (AvgIpc) is 2.89. The number of urea groups is 1. The topological polar surface area (TPSA) is 88.1 Å². The molecule has 3 rings (SSSR count). The van der Waals surface area contributed by atoms with Gasteiger partial charge >= 0.3 is 6.03 Å². The number of nitrogens with one attached hydrogen (secondary N) is 3. The standard InChI is InChI=1S/C20H21N5O2/c1-13-18(14(2)25(3)24-13)19(26)21-16-9-11-17(12-10-16)23-20(27)22-15-7-5-4-6-8-15/h4-12H,1-3H3,(H,21,26)(H2,22,23,27). The van der Waals surface area contributed by atoms with Gasteiger partial charge in [-0.05, 0) is 50.2 Å². The van der Waals surface area contributed by atoms with Gasteiger partial charge in [-0.1, -0.05) is 18.2 Å². The SMILES string of the molecule is Cc1nn(C)c(C)c1C(=O)Nc1ccc(NC(=O)Nc2ccccc2)cc1. The highest BCUT2D eigenvalue weighted by Crippen LogP contribution is 2.18. The van der Waals surface area contributed by atoms with E-state index in [0.29, 0.717) is 28.3 Å². The highest BCUT2D eigenvalue weighted by molar-refractivity contribution is 6.06. The molecule has 2 aromatic carbocycles. The molecule has 0 saturated heterocycles. The molecular weight excluding hydrogens is 342 g/mol. The van der Waals surface area contributed by atoms with Crippen molar-refractivity contribution in [2.75, 3.05) is 16.0 Å². The van der Waals surface area contributed by atoms with Crippen LogP contribution in [-0.2, 0) is 7.05 Å². The van der Waals surface area contributed by atoms with Gasteiger partial charge in [0.2, 0.25) is 0 Å². The Morgan fingerprint density at radius 1 is 0.815 bits per heavy atom. The fraction of sp³-hybridized carbons (Fsp3) is 0.150. The van der Waals surface area contributed by atoms with Crippen molar-refractivity contribution in [1.82, 2.24) is 9.78 Å². The van der Waals surface area contributed by atoms with Gasteiger partial charge in [0, 0.05) is 29.8 Å². The van der Waals surface area contributed by atoms with Crippen molar-refractivity contribution in [2.45, 2.75) is 13.8 Å². The molecular formula is C20H21N5O2. The monoisotopic (exact) mass is 363 g/mol. The van der Waals surface area contributed by atoms with Crippen LogP contribution in [0.3, 0.4) is 0 Å². The van der Waals surface area contributed by atoms with Crippen molar-refractivity contribution < 1.29 is 9.59 Å². The number of carbonyl (C=O) groups excluding carboxylic acids is 2. The fourth-order valence-electron chi connectivity index (χ4n) is 2.75. The normalized spacial score (nSPS) is 10.3. The van der Waals surface area contributed by atoms with E-state index in [4.69, 9.17) is 0 Å². The predicted molar refractivity (Wildman–Crippen MR) is 106 cm³/mol. The molecule has 0 atom stereocenters. The number of benzene rings is 2. The summed E-state index contributed by atoms with van der Waals surface area (Å²) < 4.78 is 1.68. The van der Waals surface area contributed by atoms with E-state index < -0.39 is 0 Å². The van der Waals surface area contributed by atoms with Crippen molar-refractivity contribution in [3.05, 3.63) is 71.5 Å². The first-order valence-corrected chi connectivity index (χ1v) is 8.48. The molecule has 0 bridgehead atoms. The first-order valence-electron chi connectivity index (χ1n) is 8.48. The van der Waals surface area contributed by atoms with Gasteiger partial charge in [-0.15, -0.1) is 0 Å². The Morgan fingerprint density at radius 2 is 1.33 bits per heavy atom. The number of amides is 3. The Labute approximate surface area is 157 Å². The second-order valence-corrected chi connectivity index (χ2v) is 6.15. The Hall–Kier alpha value is -3.61. The third-order valence-electron chi connectivity index (χ3n) is 4.17. The minimum atomic E-state index is -0.334. The van der Waals surface area contributed by atoms with Crippen molar-refractivity contribution in [3.8, 4) is 0 Å². The quantitative estimate of drug-likeness (QED) is 0.656. The van der Waals surface area contributed by atoms with E-state index >= 15 is 0 Å². The molecule has 0 aliphatic carbocycles. The lowest BCUT2D eigenvalue weighted by Gasteiger charge is -2.09. The van der Waals surface area contributed by atoms with Crippen LogP contribution in [0.2, 0.25) is 0 Å². The zero-order valence-corrected chi connectivity index (χ0v) is 15.4. The second kappa shape index (κ2) is 7.74. The van der Waals surface area contributed by atoms with Gasteiger partial charge in [0.15, 0.2) is 0 Å². The van der Waals surface area contributed by atoms with Gasteiger partial charge in [-0.25, -0.2) is 4.79 Å². The van der Waals surface area contributed by atoms with E-state index in [2.05, 4.69) is 21.0 Å². The molecule has 3 N–H and O–H groups in total. The highest BCUT2D eigenvalue weighted by Gasteiger charge is 2.17. The fourth-order valence-corrected chi connectivity index (χ4v) is 2.75. The summed E-state index contributed by atoms with van der Waals surface area (Å²) in [5.74, 6) is -0.208. The summed E-state index contributed by atoms with van der Waals surface area (Å²) >= 11 is 0. The summed E-state index contributed by atoms with van der Waals surface area (Å²) in [6.07, 6.45) is 0. The van der Waals surface area contributed by atoms with Crippen LogP contribution >= 0.6 is 0 Å². The van der Waals surface area contributed by atoms with E-state index in [9.17, 15) is 9.59 Å². The number of hydrogen-bond donors (Lipinski definition) is 3. The van der Waals surface area contributed by atoms with Crippen LogP contribution in [0.25, 0.3) is 0 Å². The summed E-state index contributed by atoms with van der Waals surface area (Å²) in [4.78, 5) is 24.5. The number of rotatable bonds is 4. The molecule has 3 aromatic rings. The minimum absolute atomic E-state index is 0.208. The zero-order valence-electron chi connectivity index (χ0n) is 15.4. The summed E-state index contributed by atoms with van der Waals surface area (Å²) in [5.41, 5.74) is 4.03. The van der Waals surface area contributed by atoms with E-state index in [-0.39, 0.29) is 11.9 Å².